The molecule has 0 unspecified atom stereocenters. The van der Waals surface area contributed by atoms with Gasteiger partial charge in [0.15, 0.2) is 5.58 Å². The second kappa shape index (κ2) is 7.66. The Morgan fingerprint density at radius 2 is 1.96 bits per heavy atom. The molecule has 0 atom stereocenters. The number of fused-ring (bicyclic) bond motifs is 1. The second-order valence-electron chi connectivity index (χ2n) is 6.86. The molecule has 0 saturated carbocycles. The molecule has 0 spiro atoms. The number of nitrogens with zero attached hydrogens (tertiary/aromatic N) is 2. The highest BCUT2D eigenvalue weighted by Crippen LogP contribution is 2.27. The van der Waals surface area contributed by atoms with Gasteiger partial charge in [0.05, 0.1) is 0 Å². The van der Waals surface area contributed by atoms with Gasteiger partial charge >= 0.3 is 6.03 Å². The van der Waals surface area contributed by atoms with Crippen LogP contribution in [0, 0.1) is 0 Å². The molecule has 0 bridgehead atoms. The lowest BCUT2D eigenvalue weighted by Gasteiger charge is -2.18. The van der Waals surface area contributed by atoms with Gasteiger partial charge in [-0.2, -0.15) is 0 Å². The Bertz CT molecular complexity index is 684. The molecular weight excluding hydrogens is 304 g/mol. The maximum absolute atomic E-state index is 12.0. The quantitative estimate of drug-likeness (QED) is 0.848. The first-order chi connectivity index (χ1) is 11.3. The van der Waals surface area contributed by atoms with E-state index in [2.05, 4.69) is 55.1 Å². The molecule has 2 rings (SSSR count). The number of likely N-dealkylation sites (N-methyl/N-ethyl adjacent to an activating group) is 1. The van der Waals surface area contributed by atoms with Crippen molar-refractivity contribution in [2.75, 3.05) is 31.5 Å². The summed E-state index contributed by atoms with van der Waals surface area (Å²) >= 11 is 0. The Balaban J connectivity index is 1.96. The number of aromatic nitrogens is 1. The van der Waals surface area contributed by atoms with E-state index in [1.54, 1.807) is 0 Å². The Kier molecular flexibility index (Phi) is 5.83. The average molecular weight is 332 g/mol. The van der Waals surface area contributed by atoms with Gasteiger partial charge in [0.1, 0.15) is 5.52 Å². The SMILES string of the molecule is CCN(CC)CCNC(=O)Nc1ccc2oc(C(C)(C)C)nc2c1. The molecule has 2 aromatic rings. The molecule has 1 aromatic carbocycles. The van der Waals surface area contributed by atoms with Crippen LogP contribution in [-0.2, 0) is 5.41 Å². The zero-order valence-corrected chi connectivity index (χ0v) is 15.3. The van der Waals surface area contributed by atoms with Crippen molar-refractivity contribution in [1.82, 2.24) is 15.2 Å². The van der Waals surface area contributed by atoms with E-state index in [0.29, 0.717) is 18.1 Å². The molecule has 24 heavy (non-hydrogen) atoms. The Morgan fingerprint density at radius 1 is 1.25 bits per heavy atom. The van der Waals surface area contributed by atoms with Gasteiger partial charge in [-0.25, -0.2) is 9.78 Å². The van der Waals surface area contributed by atoms with Crippen molar-refractivity contribution in [2.24, 2.45) is 0 Å². The van der Waals surface area contributed by atoms with Crippen LogP contribution in [-0.4, -0.2) is 42.1 Å². The van der Waals surface area contributed by atoms with E-state index < -0.39 is 0 Å². The molecule has 0 aliphatic rings. The highest BCUT2D eigenvalue weighted by molar-refractivity contribution is 5.91. The van der Waals surface area contributed by atoms with Crippen LogP contribution in [0.1, 0.15) is 40.5 Å². The van der Waals surface area contributed by atoms with Gasteiger partial charge in [0, 0.05) is 24.2 Å². The number of amides is 2. The molecule has 2 N–H and O–H groups in total. The summed E-state index contributed by atoms with van der Waals surface area (Å²) in [6.45, 7) is 13.8. The van der Waals surface area contributed by atoms with Crippen molar-refractivity contribution in [3.63, 3.8) is 0 Å². The largest absolute Gasteiger partial charge is 0.440 e. The smallest absolute Gasteiger partial charge is 0.319 e. The number of carbonyl (C=O) groups is 1. The summed E-state index contributed by atoms with van der Waals surface area (Å²) in [4.78, 5) is 18.8. The monoisotopic (exact) mass is 332 g/mol. The van der Waals surface area contributed by atoms with Gasteiger partial charge in [0.25, 0.3) is 0 Å². The predicted molar refractivity (Wildman–Crippen MR) is 97.5 cm³/mol. The van der Waals surface area contributed by atoms with Crippen molar-refractivity contribution in [1.29, 1.82) is 0 Å². The van der Waals surface area contributed by atoms with Gasteiger partial charge in [-0.05, 0) is 31.3 Å². The maximum atomic E-state index is 12.0. The summed E-state index contributed by atoms with van der Waals surface area (Å²) in [5, 5.41) is 5.71. The maximum Gasteiger partial charge on any atom is 0.319 e. The summed E-state index contributed by atoms with van der Waals surface area (Å²) in [6.07, 6.45) is 0. The molecule has 0 fully saturated rings. The lowest BCUT2D eigenvalue weighted by atomic mass is 9.97. The normalized spacial score (nSPS) is 11.9. The number of anilines is 1. The second-order valence-corrected chi connectivity index (χ2v) is 6.86. The van der Waals surface area contributed by atoms with Gasteiger partial charge in [-0.15, -0.1) is 0 Å². The molecular formula is C18H28N4O2. The Labute approximate surface area is 143 Å². The number of hydrogen-bond donors (Lipinski definition) is 2. The molecule has 0 aliphatic carbocycles. The van der Waals surface area contributed by atoms with Gasteiger partial charge in [-0.3, -0.25) is 0 Å². The minimum Gasteiger partial charge on any atom is -0.440 e. The first-order valence-corrected chi connectivity index (χ1v) is 8.51. The van der Waals surface area contributed by atoms with E-state index in [9.17, 15) is 4.79 Å². The lowest BCUT2D eigenvalue weighted by molar-refractivity contribution is 0.248. The molecule has 1 aromatic heterocycles. The summed E-state index contributed by atoms with van der Waals surface area (Å²) in [5.41, 5.74) is 2.04. The molecule has 6 nitrogen and oxygen atoms in total. The molecule has 2 amide bonds. The van der Waals surface area contributed by atoms with Gasteiger partial charge in [-0.1, -0.05) is 34.6 Å². The minimum absolute atomic E-state index is 0.144. The van der Waals surface area contributed by atoms with Crippen LogP contribution in [0.3, 0.4) is 0 Å². The first kappa shape index (κ1) is 18.3. The van der Waals surface area contributed by atoms with Crippen molar-refractivity contribution < 1.29 is 9.21 Å². The minimum atomic E-state index is -0.207. The molecule has 6 heteroatoms. The van der Waals surface area contributed by atoms with E-state index in [4.69, 9.17) is 4.42 Å². The van der Waals surface area contributed by atoms with Gasteiger partial charge < -0.3 is 20.0 Å². The molecule has 0 radical (unpaired) electrons. The third-order valence-corrected chi connectivity index (χ3v) is 3.90. The lowest BCUT2D eigenvalue weighted by Crippen LogP contribution is -2.36. The van der Waals surface area contributed by atoms with Crippen molar-refractivity contribution >= 4 is 22.8 Å². The number of carbonyl (C=O) groups excluding carboxylic acids is 1. The fourth-order valence-electron chi connectivity index (χ4n) is 2.37. The van der Waals surface area contributed by atoms with Crippen LogP contribution in [0.15, 0.2) is 22.6 Å². The van der Waals surface area contributed by atoms with E-state index in [1.807, 2.05) is 18.2 Å². The van der Waals surface area contributed by atoms with Crippen LogP contribution >= 0.6 is 0 Å². The Morgan fingerprint density at radius 3 is 2.58 bits per heavy atom. The standard InChI is InChI=1S/C18H28N4O2/c1-6-22(7-2)11-10-19-17(23)20-13-8-9-15-14(12-13)21-16(24-15)18(3,4)5/h8-9,12H,6-7,10-11H2,1-5H3,(H2,19,20,23). The highest BCUT2D eigenvalue weighted by Gasteiger charge is 2.21. The topological polar surface area (TPSA) is 70.4 Å². The third-order valence-electron chi connectivity index (χ3n) is 3.90. The fourth-order valence-corrected chi connectivity index (χ4v) is 2.37. The van der Waals surface area contributed by atoms with E-state index in [1.165, 1.54) is 0 Å². The van der Waals surface area contributed by atoms with Gasteiger partial charge in [0.2, 0.25) is 5.89 Å². The number of oxazole rings is 1. The average Bonchev–Trinajstić information content (AvgIpc) is 2.95. The summed E-state index contributed by atoms with van der Waals surface area (Å²) < 4.78 is 5.76. The van der Waals surface area contributed by atoms with E-state index in [-0.39, 0.29) is 11.4 Å². The van der Waals surface area contributed by atoms with E-state index in [0.717, 1.165) is 30.7 Å². The summed E-state index contributed by atoms with van der Waals surface area (Å²) in [7, 11) is 0. The number of benzene rings is 1. The first-order valence-electron chi connectivity index (χ1n) is 8.51. The molecule has 1 heterocycles. The Hall–Kier alpha value is -2.08. The molecule has 0 aliphatic heterocycles. The van der Waals surface area contributed by atoms with Crippen LogP contribution < -0.4 is 10.6 Å². The molecule has 132 valence electrons. The predicted octanol–water partition coefficient (Wildman–Crippen LogP) is 3.59. The molecule has 0 saturated heterocycles. The zero-order chi connectivity index (χ0) is 17.7. The fraction of sp³-hybridized carbons (Fsp3) is 0.556. The number of hydrogen-bond acceptors (Lipinski definition) is 4. The van der Waals surface area contributed by atoms with Crippen molar-refractivity contribution in [2.45, 2.75) is 40.0 Å². The zero-order valence-electron chi connectivity index (χ0n) is 15.3. The van der Waals surface area contributed by atoms with Crippen LogP contribution in [0.5, 0.6) is 0 Å². The number of nitrogens with one attached hydrogen (secondary N) is 2. The van der Waals surface area contributed by atoms with Crippen molar-refractivity contribution in [3.8, 4) is 0 Å². The van der Waals surface area contributed by atoms with Crippen LogP contribution in [0.25, 0.3) is 11.1 Å². The third kappa shape index (κ3) is 4.71. The highest BCUT2D eigenvalue weighted by atomic mass is 16.3. The summed E-state index contributed by atoms with van der Waals surface area (Å²) in [5.74, 6) is 0.693. The summed E-state index contributed by atoms with van der Waals surface area (Å²) in [6, 6.07) is 5.28. The van der Waals surface area contributed by atoms with Crippen LogP contribution in [0.4, 0.5) is 10.5 Å². The number of urea groups is 1. The van der Waals surface area contributed by atoms with Crippen molar-refractivity contribution in [3.05, 3.63) is 24.1 Å². The van der Waals surface area contributed by atoms with Crippen LogP contribution in [0.2, 0.25) is 0 Å². The van der Waals surface area contributed by atoms with E-state index >= 15 is 0 Å². The number of rotatable bonds is 6.